The molecule has 0 saturated carbocycles. The van der Waals surface area contributed by atoms with Crippen molar-refractivity contribution in [2.24, 2.45) is 0 Å². The Bertz CT molecular complexity index is 1400. The molecule has 0 saturated heterocycles. The number of fused-ring (bicyclic) bond motifs is 1. The summed E-state index contributed by atoms with van der Waals surface area (Å²) in [7, 11) is -4.26. The summed E-state index contributed by atoms with van der Waals surface area (Å²) in [5, 5.41) is 13.2. The highest BCUT2D eigenvalue weighted by Crippen LogP contribution is 2.38. The molecule has 0 spiro atoms. The second-order valence-corrected chi connectivity index (χ2v) is 12.1. The summed E-state index contributed by atoms with van der Waals surface area (Å²) in [5.41, 5.74) is 1.47. The monoisotopic (exact) mass is 577 g/mol. The number of rotatable bonds is 11. The van der Waals surface area contributed by atoms with E-state index in [1.807, 2.05) is 48.7 Å². The van der Waals surface area contributed by atoms with Gasteiger partial charge in [0.25, 0.3) is 5.69 Å². The summed E-state index contributed by atoms with van der Waals surface area (Å²) in [6, 6.07) is 14.7. The first kappa shape index (κ1) is 28.2. The van der Waals surface area contributed by atoms with Crippen molar-refractivity contribution in [3.05, 3.63) is 91.1 Å². The van der Waals surface area contributed by atoms with Crippen LogP contribution >= 0.6 is 22.9 Å². The number of nitrogens with zero attached hydrogens (tertiary/aromatic N) is 3. The lowest BCUT2D eigenvalue weighted by Crippen LogP contribution is -2.47. The van der Waals surface area contributed by atoms with Crippen molar-refractivity contribution >= 4 is 44.6 Å². The van der Waals surface area contributed by atoms with Crippen molar-refractivity contribution in [2.45, 2.75) is 30.7 Å². The molecule has 0 aliphatic carbocycles. The lowest BCUT2D eigenvalue weighted by atomic mass is 9.93. The summed E-state index contributed by atoms with van der Waals surface area (Å²) in [4.78, 5) is 27.1. The summed E-state index contributed by atoms with van der Waals surface area (Å²) in [5.74, 6) is -0.348. The van der Waals surface area contributed by atoms with Crippen LogP contribution in [0.2, 0.25) is 5.02 Å². The molecule has 3 aromatic rings. The minimum absolute atomic E-state index is 0.0119. The van der Waals surface area contributed by atoms with Crippen molar-refractivity contribution in [1.29, 1.82) is 0 Å². The predicted octanol–water partition coefficient (Wildman–Crippen LogP) is 4.90. The number of thiophene rings is 1. The molecule has 1 aliphatic rings. The van der Waals surface area contributed by atoms with Gasteiger partial charge in [0.15, 0.2) is 0 Å². The molecule has 1 aliphatic heterocycles. The molecule has 2 heterocycles. The summed E-state index contributed by atoms with van der Waals surface area (Å²) < 4.78 is 33.8. The van der Waals surface area contributed by atoms with Gasteiger partial charge in [-0.25, -0.2) is 8.42 Å². The van der Waals surface area contributed by atoms with E-state index < -0.39 is 27.2 Å². The Morgan fingerprint density at radius 1 is 1.24 bits per heavy atom. The highest BCUT2D eigenvalue weighted by molar-refractivity contribution is 7.89. The van der Waals surface area contributed by atoms with Crippen LogP contribution in [0.1, 0.15) is 35.4 Å². The van der Waals surface area contributed by atoms with Crippen LogP contribution in [0.3, 0.4) is 0 Å². The van der Waals surface area contributed by atoms with Gasteiger partial charge in [-0.2, -0.15) is 4.31 Å². The van der Waals surface area contributed by atoms with Crippen molar-refractivity contribution in [1.82, 2.24) is 9.21 Å². The molecule has 1 atom stereocenters. The van der Waals surface area contributed by atoms with Gasteiger partial charge in [0.2, 0.25) is 15.9 Å². The van der Waals surface area contributed by atoms with E-state index in [0.29, 0.717) is 32.6 Å². The summed E-state index contributed by atoms with van der Waals surface area (Å²) in [6.45, 7) is 2.68. The minimum atomic E-state index is -4.26. The number of sulfonamides is 1. The molecule has 1 aromatic heterocycles. The molecule has 0 N–H and O–H groups in total. The average Bonchev–Trinajstić information content (AvgIpc) is 3.39. The topological polar surface area (TPSA) is 110 Å². The smallest absolute Gasteiger partial charge is 0.289 e. The maximum atomic E-state index is 13.8. The van der Waals surface area contributed by atoms with Crippen LogP contribution < -0.4 is 0 Å². The molecule has 38 heavy (non-hydrogen) atoms. The van der Waals surface area contributed by atoms with Crippen molar-refractivity contribution in [3.8, 4) is 0 Å². The lowest BCUT2D eigenvalue weighted by molar-refractivity contribution is -0.384. The van der Waals surface area contributed by atoms with Gasteiger partial charge in [0.1, 0.15) is 5.02 Å². The number of ether oxygens (including phenoxy) is 1. The second kappa shape index (κ2) is 12.4. The number of benzene rings is 2. The van der Waals surface area contributed by atoms with Gasteiger partial charge in [-0.05, 0) is 54.5 Å². The number of carbonyl (C=O) groups is 1. The van der Waals surface area contributed by atoms with Crippen LogP contribution in [-0.2, 0) is 26.0 Å². The highest BCUT2D eigenvalue weighted by atomic mass is 35.5. The number of carbonyl (C=O) groups excluding carboxylic acids is 1. The van der Waals surface area contributed by atoms with E-state index in [9.17, 15) is 23.3 Å². The first-order valence-corrected chi connectivity index (χ1v) is 14.9. The Kier molecular flexibility index (Phi) is 9.16. The van der Waals surface area contributed by atoms with E-state index in [-0.39, 0.29) is 28.4 Å². The third kappa shape index (κ3) is 6.08. The molecule has 0 radical (unpaired) electrons. The Morgan fingerprint density at radius 2 is 2.00 bits per heavy atom. The van der Waals surface area contributed by atoms with Gasteiger partial charge < -0.3 is 9.64 Å². The molecule has 2 aromatic carbocycles. The van der Waals surface area contributed by atoms with E-state index in [4.69, 9.17) is 16.3 Å². The molecular weight excluding hydrogens is 550 g/mol. The number of hydrogen-bond donors (Lipinski definition) is 0. The fraction of sp³-hybridized carbons (Fsp3) is 0.346. The quantitative estimate of drug-likeness (QED) is 0.182. The zero-order valence-corrected chi connectivity index (χ0v) is 23.2. The third-order valence-electron chi connectivity index (χ3n) is 6.37. The van der Waals surface area contributed by atoms with E-state index in [1.165, 1.54) is 17.0 Å². The van der Waals surface area contributed by atoms with Gasteiger partial charge in [-0.3, -0.25) is 14.9 Å². The maximum Gasteiger partial charge on any atom is 0.289 e. The number of amides is 1. The molecule has 12 heteroatoms. The summed E-state index contributed by atoms with van der Waals surface area (Å²) in [6.07, 6.45) is 1.04. The molecule has 0 bridgehead atoms. The molecule has 202 valence electrons. The van der Waals surface area contributed by atoms with Crippen molar-refractivity contribution in [2.75, 3.05) is 32.8 Å². The lowest BCUT2D eigenvalue weighted by Gasteiger charge is -2.37. The molecular formula is C26H28ClN3O6S2. The highest BCUT2D eigenvalue weighted by Gasteiger charge is 2.36. The van der Waals surface area contributed by atoms with E-state index >= 15 is 0 Å². The number of nitro benzene ring substituents is 1. The second-order valence-electron chi connectivity index (χ2n) is 8.71. The first-order chi connectivity index (χ1) is 18.2. The van der Waals surface area contributed by atoms with Gasteiger partial charge >= 0.3 is 0 Å². The Balaban J connectivity index is 1.65. The van der Waals surface area contributed by atoms with Crippen LogP contribution in [0.5, 0.6) is 0 Å². The predicted molar refractivity (Wildman–Crippen MR) is 146 cm³/mol. The fourth-order valence-corrected chi connectivity index (χ4v) is 7.07. The minimum Gasteiger partial charge on any atom is -0.382 e. The van der Waals surface area contributed by atoms with Crippen molar-refractivity contribution < 1.29 is 22.9 Å². The average molecular weight is 578 g/mol. The number of hydrogen-bond acceptors (Lipinski definition) is 7. The number of nitro groups is 1. The van der Waals surface area contributed by atoms with E-state index in [0.717, 1.165) is 21.5 Å². The summed E-state index contributed by atoms with van der Waals surface area (Å²) >= 11 is 7.55. The van der Waals surface area contributed by atoms with E-state index in [2.05, 4.69) is 0 Å². The molecule has 1 unspecified atom stereocenters. The zero-order chi connectivity index (χ0) is 27.3. The van der Waals surface area contributed by atoms with Crippen LogP contribution in [-0.4, -0.2) is 61.3 Å². The zero-order valence-electron chi connectivity index (χ0n) is 20.8. The molecule has 9 nitrogen and oxygen atoms in total. The van der Waals surface area contributed by atoms with Gasteiger partial charge in [-0.1, -0.05) is 41.9 Å². The fourth-order valence-electron chi connectivity index (χ4n) is 4.53. The first-order valence-electron chi connectivity index (χ1n) is 12.2. The van der Waals surface area contributed by atoms with Crippen LogP contribution in [0, 0.1) is 10.1 Å². The van der Waals surface area contributed by atoms with Gasteiger partial charge in [0.05, 0.1) is 22.4 Å². The van der Waals surface area contributed by atoms with Crippen LogP contribution in [0.4, 0.5) is 5.69 Å². The van der Waals surface area contributed by atoms with Crippen molar-refractivity contribution in [3.63, 3.8) is 0 Å². The molecule has 1 amide bonds. The Labute approximate surface area is 230 Å². The Hall–Kier alpha value is -2.83. The third-order valence-corrected chi connectivity index (χ3v) is 9.52. The maximum absolute atomic E-state index is 13.8. The largest absolute Gasteiger partial charge is 0.382 e. The SMILES string of the molecule is CCOCCCN(CC(=O)N1CCc2sccc2C1c1ccccc1)S(=O)(=O)c1ccc(Cl)c([N+](=O)[O-])c1. The molecule has 0 fully saturated rings. The molecule has 4 rings (SSSR count). The van der Waals surface area contributed by atoms with Crippen LogP contribution in [0.15, 0.2) is 64.9 Å². The Morgan fingerprint density at radius 3 is 2.71 bits per heavy atom. The normalized spacial score (nSPS) is 15.4. The number of halogens is 1. The van der Waals surface area contributed by atoms with Crippen LogP contribution in [0.25, 0.3) is 0 Å². The standard InChI is InChI=1S/C26H28ClN3O6S2/c1-2-36-15-6-13-28(38(34,35)20-9-10-22(27)23(17-20)30(32)33)18-25(31)29-14-11-24-21(12-16-37-24)26(29)19-7-4-3-5-8-19/h3-5,7-10,12,16-17,26H,2,6,11,13-15,18H2,1H3. The van der Waals surface area contributed by atoms with Gasteiger partial charge in [0, 0.05) is 37.2 Å². The van der Waals surface area contributed by atoms with E-state index in [1.54, 1.807) is 16.2 Å². The van der Waals surface area contributed by atoms with Gasteiger partial charge in [-0.15, -0.1) is 11.3 Å².